The van der Waals surface area contributed by atoms with Crippen molar-refractivity contribution in [2.24, 2.45) is 5.41 Å². The van der Waals surface area contributed by atoms with E-state index in [2.05, 4.69) is 51.2 Å². The Morgan fingerprint density at radius 3 is 2.03 bits per heavy atom. The predicted molar refractivity (Wildman–Crippen MR) is 151 cm³/mol. The fraction of sp³-hybridized carbons (Fsp3) is 0.467. The van der Waals surface area contributed by atoms with Crippen molar-refractivity contribution in [3.05, 3.63) is 92.8 Å². The molecule has 3 aliphatic rings. The largest absolute Gasteiger partial charge is 0.352 e. The number of rotatable bonds is 3. The molecule has 0 saturated carbocycles. The molecule has 8 heteroatoms. The summed E-state index contributed by atoms with van der Waals surface area (Å²) in [4.78, 5) is 28.5. The highest BCUT2D eigenvalue weighted by molar-refractivity contribution is 6.92. The number of allylic oxidation sites excluding steroid dienone is 2. The Labute approximate surface area is 224 Å². The van der Waals surface area contributed by atoms with Gasteiger partial charge in [0.15, 0.2) is 5.79 Å². The Balaban J connectivity index is 1.60. The van der Waals surface area contributed by atoms with Crippen LogP contribution in [0.5, 0.6) is 0 Å². The van der Waals surface area contributed by atoms with E-state index in [-0.39, 0.29) is 22.8 Å². The van der Waals surface area contributed by atoms with Gasteiger partial charge in [0.1, 0.15) is 8.07 Å². The van der Waals surface area contributed by atoms with Crippen molar-refractivity contribution in [2.45, 2.75) is 70.6 Å². The first-order valence-electron chi connectivity index (χ1n) is 13.5. The molecule has 1 saturated heterocycles. The first kappa shape index (κ1) is 25.3. The van der Waals surface area contributed by atoms with E-state index in [4.69, 9.17) is 9.47 Å². The number of aromatic nitrogens is 3. The highest BCUT2D eigenvalue weighted by Gasteiger charge is 2.59. The predicted octanol–water partition coefficient (Wildman–Crippen LogP) is 4.11. The zero-order chi connectivity index (χ0) is 27.1. The lowest BCUT2D eigenvalue weighted by molar-refractivity contribution is -0.283. The van der Waals surface area contributed by atoms with Gasteiger partial charge in [0, 0.05) is 5.41 Å². The third kappa shape index (κ3) is 3.39. The van der Waals surface area contributed by atoms with E-state index in [0.29, 0.717) is 18.9 Å². The van der Waals surface area contributed by atoms with Crippen molar-refractivity contribution >= 4 is 13.3 Å². The van der Waals surface area contributed by atoms with Crippen LogP contribution in [0, 0.1) is 5.41 Å². The minimum atomic E-state index is -2.47. The summed E-state index contributed by atoms with van der Waals surface area (Å²) in [6.45, 7) is 14.0. The standard InChI is InChI=1S/C30H37N3O4Si/c1-21-24-17-30(19-36-28(2,3)37-20-30)18-25(24)29(4,38(5,6)23-15-11-8-12-16-23)33-27(35)31(26(34)32(21)33)22-13-9-7-10-14-22/h7-16,21H,17-20H2,1-6H3/t21-,29-/m0/s1. The average molecular weight is 532 g/mol. The molecule has 6 rings (SSSR count). The molecule has 0 N–H and O–H groups in total. The van der Waals surface area contributed by atoms with Crippen LogP contribution in [-0.4, -0.2) is 41.0 Å². The molecule has 38 heavy (non-hydrogen) atoms. The van der Waals surface area contributed by atoms with Crippen molar-refractivity contribution in [1.82, 2.24) is 13.9 Å². The number of hydrogen-bond acceptors (Lipinski definition) is 4. The van der Waals surface area contributed by atoms with E-state index in [9.17, 15) is 9.59 Å². The summed E-state index contributed by atoms with van der Waals surface area (Å²) >= 11 is 0. The van der Waals surface area contributed by atoms with Crippen LogP contribution in [0.15, 0.2) is 81.4 Å². The number of fused-ring (bicyclic) bond motifs is 1. The summed E-state index contributed by atoms with van der Waals surface area (Å²) < 4.78 is 17.3. The van der Waals surface area contributed by atoms with Gasteiger partial charge in [-0.2, -0.15) is 0 Å². The topological polar surface area (TPSA) is 67.4 Å². The molecule has 3 aromatic rings. The molecule has 2 aromatic carbocycles. The third-order valence-corrected chi connectivity index (χ3v) is 14.3. The lowest BCUT2D eigenvalue weighted by Gasteiger charge is -2.49. The zero-order valence-corrected chi connectivity index (χ0v) is 24.2. The number of hydrogen-bond donors (Lipinski definition) is 0. The molecule has 1 spiro atoms. The van der Waals surface area contributed by atoms with Gasteiger partial charge in [0.2, 0.25) is 0 Å². The second-order valence-corrected chi connectivity index (χ2v) is 17.3. The average Bonchev–Trinajstić information content (AvgIpc) is 3.42. The minimum absolute atomic E-state index is 0.192. The number of para-hydroxylation sites is 1. The fourth-order valence-electron chi connectivity index (χ4n) is 6.94. The highest BCUT2D eigenvalue weighted by Crippen LogP contribution is 2.56. The number of ether oxygens (including phenoxy) is 2. The molecule has 0 amide bonds. The molecule has 3 heterocycles. The van der Waals surface area contributed by atoms with Crippen LogP contribution in [0.3, 0.4) is 0 Å². The summed E-state index contributed by atoms with van der Waals surface area (Å²) in [5, 5.41) is 0.587. The van der Waals surface area contributed by atoms with E-state index < -0.39 is 19.0 Å². The Hall–Kier alpha value is -2.94. The molecule has 1 aromatic heterocycles. The van der Waals surface area contributed by atoms with Crippen molar-refractivity contribution in [3.63, 3.8) is 0 Å². The smallest absolute Gasteiger partial charge is 0.350 e. The summed E-state index contributed by atoms with van der Waals surface area (Å²) in [6.07, 6.45) is 1.59. The first-order chi connectivity index (χ1) is 17.9. The second-order valence-electron chi connectivity index (χ2n) is 12.5. The van der Waals surface area contributed by atoms with Crippen LogP contribution in [-0.2, 0) is 14.6 Å². The van der Waals surface area contributed by atoms with E-state index in [0.717, 1.165) is 12.8 Å². The van der Waals surface area contributed by atoms with Gasteiger partial charge in [-0.25, -0.2) is 23.5 Å². The molecule has 0 radical (unpaired) electrons. The Bertz CT molecular complexity index is 1540. The van der Waals surface area contributed by atoms with Gasteiger partial charge in [-0.3, -0.25) is 0 Å². The van der Waals surface area contributed by atoms with Gasteiger partial charge in [-0.05, 0) is 63.8 Å². The van der Waals surface area contributed by atoms with Gasteiger partial charge in [-0.1, -0.05) is 66.8 Å². The summed E-state index contributed by atoms with van der Waals surface area (Å²) in [6, 6.07) is 19.6. The molecule has 1 aliphatic carbocycles. The zero-order valence-electron chi connectivity index (χ0n) is 23.2. The molecule has 0 unspecified atom stereocenters. The monoisotopic (exact) mass is 531 g/mol. The van der Waals surface area contributed by atoms with Crippen LogP contribution >= 0.6 is 0 Å². The third-order valence-electron chi connectivity index (χ3n) is 9.54. The SMILES string of the molecule is C[C@H]1C2=C(CC3(COC(C)(C)OC3)C2)[C@](C)([Si](C)(C)c2ccccc2)n2c(=O)n(-c3ccccc3)c(=O)n21. The molecule has 0 bridgehead atoms. The fourth-order valence-corrected chi connectivity index (χ4v) is 10.3. The maximum Gasteiger partial charge on any atom is 0.352 e. The lowest BCUT2D eigenvalue weighted by atomic mass is 9.83. The van der Waals surface area contributed by atoms with Gasteiger partial charge in [0.05, 0.1) is 30.1 Å². The van der Waals surface area contributed by atoms with Gasteiger partial charge >= 0.3 is 11.4 Å². The molecule has 200 valence electrons. The van der Waals surface area contributed by atoms with E-state index >= 15 is 0 Å². The van der Waals surface area contributed by atoms with Crippen molar-refractivity contribution in [3.8, 4) is 5.69 Å². The molecule has 7 nitrogen and oxygen atoms in total. The van der Waals surface area contributed by atoms with Crippen LogP contribution in [0.25, 0.3) is 5.69 Å². The maximum atomic E-state index is 14.4. The maximum absolute atomic E-state index is 14.4. The molecule has 2 aliphatic heterocycles. The summed E-state index contributed by atoms with van der Waals surface area (Å²) in [5.41, 5.74) is 2.37. The van der Waals surface area contributed by atoms with Crippen molar-refractivity contribution < 1.29 is 9.47 Å². The molecule has 1 fully saturated rings. The van der Waals surface area contributed by atoms with Crippen LogP contribution in [0.2, 0.25) is 13.1 Å². The summed E-state index contributed by atoms with van der Waals surface area (Å²) in [5.74, 6) is -0.604. The quantitative estimate of drug-likeness (QED) is 0.377. The van der Waals surface area contributed by atoms with Gasteiger partial charge < -0.3 is 9.47 Å². The normalized spacial score (nSPS) is 25.9. The van der Waals surface area contributed by atoms with Gasteiger partial charge in [-0.15, -0.1) is 0 Å². The van der Waals surface area contributed by atoms with Crippen LogP contribution < -0.4 is 16.6 Å². The number of nitrogens with zero attached hydrogens (tertiary/aromatic N) is 3. The van der Waals surface area contributed by atoms with E-state index in [1.807, 2.05) is 54.9 Å². The minimum Gasteiger partial charge on any atom is -0.350 e. The lowest BCUT2D eigenvalue weighted by Crippen LogP contribution is -2.67. The summed E-state index contributed by atoms with van der Waals surface area (Å²) in [7, 11) is -2.47. The van der Waals surface area contributed by atoms with Crippen LogP contribution in [0.4, 0.5) is 0 Å². The molecular weight excluding hydrogens is 494 g/mol. The number of benzene rings is 2. The Morgan fingerprint density at radius 2 is 1.42 bits per heavy atom. The van der Waals surface area contributed by atoms with Crippen molar-refractivity contribution in [2.75, 3.05) is 13.2 Å². The van der Waals surface area contributed by atoms with Gasteiger partial charge in [0.25, 0.3) is 0 Å². The Morgan fingerprint density at radius 1 is 0.842 bits per heavy atom. The molecule has 2 atom stereocenters. The molecular formula is C30H37N3O4Si. The van der Waals surface area contributed by atoms with E-state index in [1.165, 1.54) is 20.9 Å². The van der Waals surface area contributed by atoms with Crippen molar-refractivity contribution in [1.29, 1.82) is 0 Å². The first-order valence-corrected chi connectivity index (χ1v) is 16.5. The highest BCUT2D eigenvalue weighted by atomic mass is 28.3. The Kier molecular flexibility index (Phi) is 5.52. The van der Waals surface area contributed by atoms with Crippen LogP contribution in [0.1, 0.15) is 46.6 Å². The second kappa shape index (κ2) is 8.28. The van der Waals surface area contributed by atoms with E-state index in [1.54, 1.807) is 4.68 Å².